The van der Waals surface area contributed by atoms with Gasteiger partial charge in [-0.05, 0) is 12.8 Å². The van der Waals surface area contributed by atoms with Crippen LogP contribution in [0.4, 0.5) is 0 Å². The normalized spacial score (nSPS) is 26.5. The van der Waals surface area contributed by atoms with Gasteiger partial charge in [0.15, 0.2) is 0 Å². The van der Waals surface area contributed by atoms with E-state index in [-0.39, 0.29) is 18.1 Å². The minimum Gasteiger partial charge on any atom is -0.364 e. The molecule has 0 aliphatic carbocycles. The van der Waals surface area contributed by atoms with E-state index >= 15 is 0 Å². The molecular weight excluding hydrogens is 282 g/mol. The number of carbonyl (C=O) groups excluding carboxylic acids is 1. The van der Waals surface area contributed by atoms with E-state index in [2.05, 4.69) is 10.00 Å². The highest BCUT2D eigenvalue weighted by molar-refractivity contribution is 5.81. The predicted octanol–water partition coefficient (Wildman–Crippen LogP) is -0.429. The number of hydrogen-bond acceptors (Lipinski definition) is 5. The Balaban J connectivity index is 1.46. The zero-order chi connectivity index (χ0) is 15.5. The lowest BCUT2D eigenvalue weighted by atomic mass is 10.1. The van der Waals surface area contributed by atoms with Gasteiger partial charge in [-0.2, -0.15) is 5.10 Å². The molecule has 0 spiro atoms. The van der Waals surface area contributed by atoms with Gasteiger partial charge in [0.1, 0.15) is 6.10 Å². The highest BCUT2D eigenvalue weighted by Gasteiger charge is 2.34. The summed E-state index contributed by atoms with van der Waals surface area (Å²) in [5, 5.41) is 4.19. The molecule has 7 nitrogen and oxygen atoms in total. The van der Waals surface area contributed by atoms with E-state index in [4.69, 9.17) is 10.5 Å². The van der Waals surface area contributed by atoms with E-state index in [0.29, 0.717) is 6.54 Å². The average molecular weight is 307 g/mol. The van der Waals surface area contributed by atoms with Gasteiger partial charge in [0, 0.05) is 58.1 Å². The van der Waals surface area contributed by atoms with Crippen molar-refractivity contribution in [2.75, 3.05) is 32.7 Å². The molecule has 0 radical (unpaired) electrons. The maximum Gasteiger partial charge on any atom is 0.251 e. The summed E-state index contributed by atoms with van der Waals surface area (Å²) in [6, 6.07) is 0. The third-order valence-corrected chi connectivity index (χ3v) is 4.49. The van der Waals surface area contributed by atoms with Gasteiger partial charge in [-0.25, -0.2) is 0 Å². The first-order valence-electron chi connectivity index (χ1n) is 8.00. The molecule has 2 atom stereocenters. The molecule has 1 amide bonds. The zero-order valence-electron chi connectivity index (χ0n) is 13.1. The summed E-state index contributed by atoms with van der Waals surface area (Å²) in [6.07, 6.45) is 5.41. The van der Waals surface area contributed by atoms with Crippen LogP contribution in [0.2, 0.25) is 0 Å². The van der Waals surface area contributed by atoms with Crippen LogP contribution in [0.15, 0.2) is 12.4 Å². The number of amides is 1. The van der Waals surface area contributed by atoms with E-state index in [1.165, 1.54) is 5.56 Å². The highest BCUT2D eigenvalue weighted by Crippen LogP contribution is 2.21. The Hall–Kier alpha value is -1.44. The summed E-state index contributed by atoms with van der Waals surface area (Å²) < 4.78 is 7.53. The fourth-order valence-electron chi connectivity index (χ4n) is 3.20. The Morgan fingerprint density at radius 2 is 2.14 bits per heavy atom. The minimum absolute atomic E-state index is 0.0563. The van der Waals surface area contributed by atoms with Crippen molar-refractivity contribution in [3.05, 3.63) is 18.0 Å². The first-order valence-corrected chi connectivity index (χ1v) is 8.00. The number of nitrogens with two attached hydrogens (primary N) is 1. The van der Waals surface area contributed by atoms with E-state index in [1.807, 2.05) is 29.0 Å². The molecule has 3 heterocycles. The van der Waals surface area contributed by atoms with Crippen LogP contribution in [0.3, 0.4) is 0 Å². The van der Waals surface area contributed by atoms with Gasteiger partial charge in [0.25, 0.3) is 5.91 Å². The monoisotopic (exact) mass is 307 g/mol. The number of aromatic nitrogens is 2. The standard InChI is InChI=1S/C15H25N5O2/c1-18-10-12(9-17-18)11-19-4-6-20(7-5-19)15(21)14-3-2-13(8-16)22-14/h9-10,13-14H,2-8,11,16H2,1H3/t13-,14+/m1/s1. The number of carbonyl (C=O) groups is 1. The maximum absolute atomic E-state index is 12.5. The Morgan fingerprint density at radius 3 is 2.73 bits per heavy atom. The van der Waals surface area contributed by atoms with Gasteiger partial charge in [0.05, 0.1) is 12.3 Å². The first kappa shape index (κ1) is 15.5. The maximum atomic E-state index is 12.5. The molecule has 0 saturated carbocycles. The van der Waals surface area contributed by atoms with Gasteiger partial charge < -0.3 is 15.4 Å². The molecule has 2 N–H and O–H groups in total. The van der Waals surface area contributed by atoms with Crippen LogP contribution in [0, 0.1) is 0 Å². The molecule has 2 fully saturated rings. The molecule has 122 valence electrons. The van der Waals surface area contributed by atoms with Crippen LogP contribution in [-0.2, 0) is 23.1 Å². The quantitative estimate of drug-likeness (QED) is 0.817. The third-order valence-electron chi connectivity index (χ3n) is 4.49. The Morgan fingerprint density at radius 1 is 1.36 bits per heavy atom. The fourth-order valence-corrected chi connectivity index (χ4v) is 3.20. The molecule has 2 aliphatic heterocycles. The molecule has 0 aromatic carbocycles. The van der Waals surface area contributed by atoms with Crippen molar-refractivity contribution < 1.29 is 9.53 Å². The first-order chi connectivity index (χ1) is 10.7. The lowest BCUT2D eigenvalue weighted by molar-refractivity contribution is -0.144. The lowest BCUT2D eigenvalue weighted by Crippen LogP contribution is -2.51. The summed E-state index contributed by atoms with van der Waals surface area (Å²) >= 11 is 0. The van der Waals surface area contributed by atoms with Crippen molar-refractivity contribution in [2.24, 2.45) is 12.8 Å². The topological polar surface area (TPSA) is 76.6 Å². The van der Waals surface area contributed by atoms with E-state index in [1.54, 1.807) is 0 Å². The Bertz CT molecular complexity index is 510. The zero-order valence-corrected chi connectivity index (χ0v) is 13.1. The number of nitrogens with zero attached hydrogens (tertiary/aromatic N) is 4. The molecule has 1 aromatic rings. The Labute approximate surface area is 131 Å². The summed E-state index contributed by atoms with van der Waals surface area (Å²) in [5.74, 6) is 0.136. The second kappa shape index (κ2) is 6.76. The van der Waals surface area contributed by atoms with E-state index in [0.717, 1.165) is 45.6 Å². The van der Waals surface area contributed by atoms with Crippen LogP contribution in [0.25, 0.3) is 0 Å². The van der Waals surface area contributed by atoms with Crippen LogP contribution in [0.5, 0.6) is 0 Å². The van der Waals surface area contributed by atoms with Crippen LogP contribution in [-0.4, -0.2) is 70.4 Å². The highest BCUT2D eigenvalue weighted by atomic mass is 16.5. The molecule has 2 aliphatic rings. The van der Waals surface area contributed by atoms with E-state index in [9.17, 15) is 4.79 Å². The van der Waals surface area contributed by atoms with Gasteiger partial charge in [-0.3, -0.25) is 14.4 Å². The molecular formula is C15H25N5O2. The predicted molar refractivity (Wildman–Crippen MR) is 82.0 cm³/mol. The summed E-state index contributed by atoms with van der Waals surface area (Å²) in [7, 11) is 1.93. The summed E-state index contributed by atoms with van der Waals surface area (Å²) in [4.78, 5) is 16.8. The van der Waals surface area contributed by atoms with Crippen molar-refractivity contribution in [1.29, 1.82) is 0 Å². The van der Waals surface area contributed by atoms with Crippen LogP contribution in [0.1, 0.15) is 18.4 Å². The average Bonchev–Trinajstić information content (AvgIpc) is 3.16. The van der Waals surface area contributed by atoms with Gasteiger partial charge in [-0.1, -0.05) is 0 Å². The smallest absolute Gasteiger partial charge is 0.251 e. The van der Waals surface area contributed by atoms with Crippen LogP contribution < -0.4 is 5.73 Å². The Kier molecular flexibility index (Phi) is 4.75. The van der Waals surface area contributed by atoms with Crippen molar-refractivity contribution in [2.45, 2.75) is 31.6 Å². The number of rotatable bonds is 4. The van der Waals surface area contributed by atoms with Gasteiger partial charge >= 0.3 is 0 Å². The third kappa shape index (κ3) is 3.48. The molecule has 0 bridgehead atoms. The number of hydrogen-bond donors (Lipinski definition) is 1. The second-order valence-electron chi connectivity index (χ2n) is 6.18. The van der Waals surface area contributed by atoms with Crippen molar-refractivity contribution >= 4 is 5.91 Å². The fraction of sp³-hybridized carbons (Fsp3) is 0.733. The summed E-state index contributed by atoms with van der Waals surface area (Å²) in [6.45, 7) is 4.73. The second-order valence-corrected chi connectivity index (χ2v) is 6.18. The number of ether oxygens (including phenoxy) is 1. The van der Waals surface area contributed by atoms with Crippen LogP contribution >= 0.6 is 0 Å². The minimum atomic E-state index is -0.279. The van der Waals surface area contributed by atoms with Gasteiger partial charge in [0.2, 0.25) is 0 Å². The van der Waals surface area contributed by atoms with Crippen molar-refractivity contribution in [3.8, 4) is 0 Å². The van der Waals surface area contributed by atoms with Gasteiger partial charge in [-0.15, -0.1) is 0 Å². The largest absolute Gasteiger partial charge is 0.364 e. The summed E-state index contributed by atoms with van der Waals surface area (Å²) in [5.41, 5.74) is 6.82. The molecule has 0 unspecified atom stereocenters. The molecule has 2 saturated heterocycles. The van der Waals surface area contributed by atoms with Crippen molar-refractivity contribution in [1.82, 2.24) is 19.6 Å². The van der Waals surface area contributed by atoms with E-state index < -0.39 is 0 Å². The lowest BCUT2D eigenvalue weighted by Gasteiger charge is -2.35. The number of aryl methyl sites for hydroxylation is 1. The van der Waals surface area contributed by atoms with Crippen molar-refractivity contribution in [3.63, 3.8) is 0 Å². The molecule has 1 aromatic heterocycles. The number of piperazine rings is 1. The SMILES string of the molecule is Cn1cc(CN2CCN(C(=O)[C@@H]3CC[C@H](CN)O3)CC2)cn1. The molecule has 7 heteroatoms. The molecule has 22 heavy (non-hydrogen) atoms. The molecule has 3 rings (SSSR count).